The Labute approximate surface area is 141 Å². The van der Waals surface area contributed by atoms with Gasteiger partial charge in [0.2, 0.25) is 0 Å². The monoisotopic (exact) mass is 379 g/mol. The predicted octanol–water partition coefficient (Wildman–Crippen LogP) is 3.97. The van der Waals surface area contributed by atoms with Gasteiger partial charge in [0, 0.05) is 15.1 Å². The summed E-state index contributed by atoms with van der Waals surface area (Å²) in [5, 5.41) is 2.67. The first-order valence-electron chi connectivity index (χ1n) is 6.45. The number of nitrogens with one attached hydrogen (secondary N) is 1. The fourth-order valence-electron chi connectivity index (χ4n) is 1.79. The Hall–Kier alpha value is -1.79. The number of hydrogen-bond donors (Lipinski definition) is 1. The van der Waals surface area contributed by atoms with E-state index in [0.29, 0.717) is 11.3 Å². The van der Waals surface area contributed by atoms with Gasteiger partial charge in [-0.05, 0) is 36.6 Å². The second kappa shape index (κ2) is 8.00. The van der Waals surface area contributed by atoms with Crippen molar-refractivity contribution >= 4 is 45.3 Å². The Balaban J connectivity index is 1.92. The molecular weight excluding hydrogens is 366 g/mol. The highest BCUT2D eigenvalue weighted by molar-refractivity contribution is 9.10. The molecule has 0 aromatic heterocycles. The molecule has 114 valence electrons. The molecule has 0 aliphatic heterocycles. The number of halogens is 1. The van der Waals surface area contributed by atoms with Gasteiger partial charge in [0.05, 0.1) is 5.56 Å². The average Bonchev–Trinajstić information content (AvgIpc) is 2.52. The van der Waals surface area contributed by atoms with Gasteiger partial charge in [-0.25, -0.2) is 4.79 Å². The molecule has 0 saturated carbocycles. The standard InChI is InChI=1S/C16H14BrNO3S/c1-22-14-8-3-2-7-13(14)16(20)21-10-15(19)18-12-6-4-5-11(17)9-12/h2-9H,10H2,1H3,(H,18,19). The van der Waals surface area contributed by atoms with Gasteiger partial charge in [-0.15, -0.1) is 11.8 Å². The summed E-state index contributed by atoms with van der Waals surface area (Å²) < 4.78 is 5.92. The molecule has 2 rings (SSSR count). The summed E-state index contributed by atoms with van der Waals surface area (Å²) in [6, 6.07) is 14.3. The van der Waals surface area contributed by atoms with Crippen LogP contribution in [-0.2, 0) is 9.53 Å². The molecule has 0 atom stereocenters. The highest BCUT2D eigenvalue weighted by Crippen LogP contribution is 2.20. The summed E-state index contributed by atoms with van der Waals surface area (Å²) >= 11 is 4.78. The van der Waals surface area contributed by atoms with Gasteiger partial charge in [-0.2, -0.15) is 0 Å². The molecule has 0 unspecified atom stereocenters. The molecule has 0 fully saturated rings. The second-order valence-corrected chi connectivity index (χ2v) is 6.10. The van der Waals surface area contributed by atoms with Gasteiger partial charge in [0.25, 0.3) is 5.91 Å². The molecule has 0 saturated heterocycles. The van der Waals surface area contributed by atoms with Crippen LogP contribution >= 0.6 is 27.7 Å². The van der Waals surface area contributed by atoms with E-state index < -0.39 is 5.97 Å². The van der Waals surface area contributed by atoms with E-state index in [1.54, 1.807) is 30.3 Å². The van der Waals surface area contributed by atoms with Gasteiger partial charge < -0.3 is 10.1 Å². The first-order chi connectivity index (χ1) is 10.6. The quantitative estimate of drug-likeness (QED) is 0.630. The molecule has 4 nitrogen and oxygen atoms in total. The van der Waals surface area contributed by atoms with Crippen molar-refractivity contribution in [2.45, 2.75) is 4.90 Å². The topological polar surface area (TPSA) is 55.4 Å². The van der Waals surface area contributed by atoms with Crippen LogP contribution in [0.15, 0.2) is 57.9 Å². The van der Waals surface area contributed by atoms with Crippen LogP contribution in [0.4, 0.5) is 5.69 Å². The maximum Gasteiger partial charge on any atom is 0.339 e. The van der Waals surface area contributed by atoms with Crippen LogP contribution in [0.5, 0.6) is 0 Å². The van der Waals surface area contributed by atoms with Crippen molar-refractivity contribution in [2.75, 3.05) is 18.2 Å². The summed E-state index contributed by atoms with van der Waals surface area (Å²) in [4.78, 5) is 24.6. The summed E-state index contributed by atoms with van der Waals surface area (Å²) in [7, 11) is 0. The number of anilines is 1. The summed E-state index contributed by atoms with van der Waals surface area (Å²) in [6.07, 6.45) is 1.88. The lowest BCUT2D eigenvalue weighted by molar-refractivity contribution is -0.119. The number of carbonyl (C=O) groups is 2. The Kier molecular flexibility index (Phi) is 6.03. The third-order valence-electron chi connectivity index (χ3n) is 2.77. The van der Waals surface area contributed by atoms with Crippen molar-refractivity contribution in [1.29, 1.82) is 0 Å². The molecule has 0 heterocycles. The van der Waals surface area contributed by atoms with E-state index in [0.717, 1.165) is 9.37 Å². The third-order valence-corrected chi connectivity index (χ3v) is 4.06. The predicted molar refractivity (Wildman–Crippen MR) is 91.3 cm³/mol. The Morgan fingerprint density at radius 1 is 1.18 bits per heavy atom. The lowest BCUT2D eigenvalue weighted by atomic mass is 10.2. The van der Waals surface area contributed by atoms with E-state index in [4.69, 9.17) is 4.74 Å². The fraction of sp³-hybridized carbons (Fsp3) is 0.125. The number of hydrogen-bond acceptors (Lipinski definition) is 4. The summed E-state index contributed by atoms with van der Waals surface area (Å²) in [5.41, 5.74) is 1.10. The lowest BCUT2D eigenvalue weighted by Gasteiger charge is -2.08. The van der Waals surface area contributed by atoms with E-state index in [9.17, 15) is 9.59 Å². The number of carbonyl (C=O) groups excluding carboxylic acids is 2. The van der Waals surface area contributed by atoms with Crippen LogP contribution < -0.4 is 5.32 Å². The van der Waals surface area contributed by atoms with Crippen molar-refractivity contribution in [3.8, 4) is 0 Å². The fourth-order valence-corrected chi connectivity index (χ4v) is 2.77. The highest BCUT2D eigenvalue weighted by atomic mass is 79.9. The van der Waals surface area contributed by atoms with Crippen molar-refractivity contribution in [2.24, 2.45) is 0 Å². The molecular formula is C16H14BrNO3S. The van der Waals surface area contributed by atoms with Gasteiger partial charge in [-0.1, -0.05) is 34.1 Å². The number of rotatable bonds is 5. The summed E-state index contributed by atoms with van der Waals surface area (Å²) in [6.45, 7) is -0.325. The molecule has 0 spiro atoms. The van der Waals surface area contributed by atoms with Gasteiger partial charge >= 0.3 is 5.97 Å². The molecule has 0 radical (unpaired) electrons. The minimum atomic E-state index is -0.505. The van der Waals surface area contributed by atoms with Crippen LogP contribution in [0, 0.1) is 0 Å². The second-order valence-electron chi connectivity index (χ2n) is 4.33. The van der Waals surface area contributed by atoms with Crippen molar-refractivity contribution in [3.05, 3.63) is 58.6 Å². The van der Waals surface area contributed by atoms with Crippen LogP contribution in [0.3, 0.4) is 0 Å². The SMILES string of the molecule is CSc1ccccc1C(=O)OCC(=O)Nc1cccc(Br)c1. The zero-order valence-electron chi connectivity index (χ0n) is 11.8. The summed E-state index contributed by atoms with van der Waals surface area (Å²) in [5.74, 6) is -0.887. The third kappa shape index (κ3) is 4.61. The largest absolute Gasteiger partial charge is 0.452 e. The zero-order valence-corrected chi connectivity index (χ0v) is 14.2. The van der Waals surface area contributed by atoms with Gasteiger partial charge in [0.1, 0.15) is 0 Å². The Morgan fingerprint density at radius 3 is 2.68 bits per heavy atom. The Morgan fingerprint density at radius 2 is 1.95 bits per heavy atom. The van der Waals surface area contributed by atoms with E-state index in [-0.39, 0.29) is 12.5 Å². The smallest absolute Gasteiger partial charge is 0.339 e. The van der Waals surface area contributed by atoms with Crippen LogP contribution in [0.1, 0.15) is 10.4 Å². The Bertz CT molecular complexity index is 691. The lowest BCUT2D eigenvalue weighted by Crippen LogP contribution is -2.21. The highest BCUT2D eigenvalue weighted by Gasteiger charge is 2.13. The van der Waals surface area contributed by atoms with Crippen LogP contribution in [-0.4, -0.2) is 24.7 Å². The normalized spacial score (nSPS) is 10.1. The molecule has 6 heteroatoms. The minimum absolute atomic E-state index is 0.325. The first-order valence-corrected chi connectivity index (χ1v) is 8.47. The van der Waals surface area contributed by atoms with Crippen molar-refractivity contribution < 1.29 is 14.3 Å². The maximum absolute atomic E-state index is 12.0. The first kappa shape index (κ1) is 16.6. The average molecular weight is 380 g/mol. The molecule has 0 aliphatic carbocycles. The van der Waals surface area contributed by atoms with E-state index in [1.807, 2.05) is 24.5 Å². The maximum atomic E-state index is 12.0. The van der Waals surface area contributed by atoms with Gasteiger partial charge in [0.15, 0.2) is 6.61 Å². The minimum Gasteiger partial charge on any atom is -0.452 e. The molecule has 2 aromatic carbocycles. The number of thioether (sulfide) groups is 1. The number of benzene rings is 2. The molecule has 1 N–H and O–H groups in total. The zero-order chi connectivity index (χ0) is 15.9. The molecule has 2 aromatic rings. The molecule has 0 aliphatic rings. The van der Waals surface area contributed by atoms with E-state index >= 15 is 0 Å². The molecule has 0 bridgehead atoms. The number of ether oxygens (including phenoxy) is 1. The van der Waals surface area contributed by atoms with Crippen molar-refractivity contribution in [1.82, 2.24) is 0 Å². The van der Waals surface area contributed by atoms with Crippen LogP contribution in [0.25, 0.3) is 0 Å². The number of amides is 1. The van der Waals surface area contributed by atoms with E-state index in [2.05, 4.69) is 21.2 Å². The number of esters is 1. The molecule has 22 heavy (non-hydrogen) atoms. The van der Waals surface area contributed by atoms with Crippen molar-refractivity contribution in [3.63, 3.8) is 0 Å². The van der Waals surface area contributed by atoms with Gasteiger partial charge in [-0.3, -0.25) is 4.79 Å². The van der Waals surface area contributed by atoms with E-state index in [1.165, 1.54) is 11.8 Å². The van der Waals surface area contributed by atoms with Crippen LogP contribution in [0.2, 0.25) is 0 Å². The molecule has 1 amide bonds.